The van der Waals surface area contributed by atoms with Crippen molar-refractivity contribution < 1.29 is 42.4 Å². The maximum Gasteiger partial charge on any atom is 0.331 e. The molecule has 2 heterocycles. The molecule has 2 atom stereocenters. The Morgan fingerprint density at radius 1 is 0.683 bits per heavy atom. The van der Waals surface area contributed by atoms with Crippen LogP contribution in [0.1, 0.15) is 73.2 Å². The molecule has 2 aliphatic rings. The third kappa shape index (κ3) is 15.9. The number of anilines is 2. The van der Waals surface area contributed by atoms with Crippen LogP contribution in [-0.2, 0) is 44.9 Å². The molecule has 2 aromatic carbocycles. The van der Waals surface area contributed by atoms with Gasteiger partial charge in [0.05, 0.1) is 6.04 Å². The molecule has 0 aliphatic heterocycles. The monoisotopic (exact) mass is 832 g/mol. The molecule has 0 saturated carbocycles. The summed E-state index contributed by atoms with van der Waals surface area (Å²) in [7, 11) is 0. The van der Waals surface area contributed by atoms with Gasteiger partial charge in [-0.25, -0.2) is 14.8 Å². The van der Waals surface area contributed by atoms with Crippen molar-refractivity contribution in [3.63, 3.8) is 0 Å². The minimum absolute atomic E-state index is 0. The van der Waals surface area contributed by atoms with E-state index in [1.165, 1.54) is 11.1 Å². The number of hydrogen-bond acceptors (Lipinski definition) is 8. The Hall–Kier alpha value is -6.17. The lowest BCUT2D eigenvalue weighted by molar-refractivity contribution is -0.397. The highest BCUT2D eigenvalue weighted by Gasteiger charge is 2.20. The van der Waals surface area contributed by atoms with E-state index in [4.69, 9.17) is 16.6 Å². The molecule has 316 valence electrons. The summed E-state index contributed by atoms with van der Waals surface area (Å²) in [6.07, 6.45) is 12.7. The highest BCUT2D eigenvalue weighted by atomic mass is 35.5. The van der Waals surface area contributed by atoms with Crippen molar-refractivity contribution in [1.29, 1.82) is 0 Å². The number of aryl methyl sites for hydroxylation is 4. The second-order valence-corrected chi connectivity index (χ2v) is 14.9. The number of rotatable bonds is 15. The van der Waals surface area contributed by atoms with Crippen LogP contribution in [0.3, 0.4) is 0 Å². The molecule has 60 heavy (non-hydrogen) atoms. The van der Waals surface area contributed by atoms with E-state index in [0.29, 0.717) is 54.9 Å². The van der Waals surface area contributed by atoms with Gasteiger partial charge in [-0.1, -0.05) is 84.9 Å². The average Bonchev–Trinajstić information content (AvgIpc) is 3.89. The van der Waals surface area contributed by atoms with Crippen LogP contribution in [0.15, 0.2) is 132 Å². The summed E-state index contributed by atoms with van der Waals surface area (Å²) in [6.45, 7) is 7.34. The van der Waals surface area contributed by atoms with Gasteiger partial charge in [0.25, 0.3) is 0 Å². The standard InChI is InChI=1S/C24H27N3O2.C13H12O2.C11H17N3O.ClH/c1-16-20(11-13-23(25)26-16)10-12-22(28)17(2)27-24(29)21-9-8-19(15-21)14-18-6-4-3-5-7-18;14-13(15)12-7-6-11(9-12)8-10-4-2-1-3-5-10;1-7(12)10(15)5-3-9-4-6-11(13)14-8(9)2;/h3-8,11,13,15,17H,9-10,12,14H2,1-2H3,(H2,25,26)(H,27,29);1-6,9H,7-8H2,(H,14,15);4,6-7H,3,5,12H2,1-2H3,(H2,13,14);1H/t17-;;7-;/m0.0./s1. The maximum atomic E-state index is 12.5. The first-order valence-electron chi connectivity index (χ1n) is 19.9. The smallest absolute Gasteiger partial charge is 0.331 e. The molecular formula is C48H57ClN6O5. The number of nitrogens with two attached hydrogens (primary N) is 2. The lowest BCUT2D eigenvalue weighted by atomic mass is 10.0. The third-order valence-corrected chi connectivity index (χ3v) is 10.1. The number of Topliss-reactive ketones (excluding diaryl/α,β-unsaturated/α-hetero) is 2. The van der Waals surface area contributed by atoms with Crippen LogP contribution in [0.2, 0.25) is 0 Å². The quantitative estimate of drug-likeness (QED) is 0.119. The van der Waals surface area contributed by atoms with Crippen molar-refractivity contribution in [2.75, 3.05) is 11.5 Å². The van der Waals surface area contributed by atoms with Gasteiger partial charge in [0.1, 0.15) is 17.7 Å². The summed E-state index contributed by atoms with van der Waals surface area (Å²) in [5.74, 6) is 0.207. The number of hydrogen-bond donors (Lipinski definition) is 5. The molecule has 2 aromatic heterocycles. The minimum atomic E-state index is -0.811. The highest BCUT2D eigenvalue weighted by Crippen LogP contribution is 2.22. The lowest BCUT2D eigenvalue weighted by Crippen LogP contribution is -3.00. The van der Waals surface area contributed by atoms with Gasteiger partial charge >= 0.3 is 5.97 Å². The first kappa shape index (κ1) is 48.2. The fourth-order valence-corrected chi connectivity index (χ4v) is 6.48. The van der Waals surface area contributed by atoms with Crippen LogP contribution in [-0.4, -0.2) is 50.6 Å². The summed E-state index contributed by atoms with van der Waals surface area (Å²) >= 11 is 0. The van der Waals surface area contributed by atoms with Crippen molar-refractivity contribution >= 4 is 35.1 Å². The molecule has 12 heteroatoms. The molecule has 2 aliphatic carbocycles. The second-order valence-electron chi connectivity index (χ2n) is 14.9. The predicted molar refractivity (Wildman–Crippen MR) is 233 cm³/mol. The van der Waals surface area contributed by atoms with Crippen molar-refractivity contribution in [3.05, 3.63) is 165 Å². The summed E-state index contributed by atoms with van der Waals surface area (Å²) in [5, 5.41) is 11.6. The van der Waals surface area contributed by atoms with Gasteiger partial charge in [-0.15, -0.1) is 0 Å². The number of ketones is 2. The van der Waals surface area contributed by atoms with E-state index in [9.17, 15) is 19.2 Å². The van der Waals surface area contributed by atoms with Gasteiger partial charge in [-0.3, -0.25) is 14.4 Å². The number of halogens is 1. The van der Waals surface area contributed by atoms with E-state index in [0.717, 1.165) is 52.9 Å². The molecule has 6 rings (SSSR count). The summed E-state index contributed by atoms with van der Waals surface area (Å²) < 4.78 is 0. The second kappa shape index (κ2) is 24.0. The largest absolute Gasteiger partial charge is 1.00 e. The Kier molecular flexibility index (Phi) is 19.3. The number of amides is 1. The number of carboxylic acid groups (broad SMARTS) is 1. The maximum absolute atomic E-state index is 12.5. The van der Waals surface area contributed by atoms with E-state index in [1.54, 1.807) is 25.1 Å². The van der Waals surface area contributed by atoms with Gasteiger partial charge in [0.15, 0.2) is 11.6 Å². The number of benzene rings is 2. The average molecular weight is 833 g/mol. The van der Waals surface area contributed by atoms with Crippen LogP contribution >= 0.6 is 0 Å². The van der Waals surface area contributed by atoms with Crippen molar-refractivity contribution in [3.8, 4) is 0 Å². The number of carbonyl (C=O) groups is 4. The van der Waals surface area contributed by atoms with E-state index in [2.05, 4.69) is 39.2 Å². The van der Waals surface area contributed by atoms with Gasteiger partial charge in [0.2, 0.25) is 5.91 Å². The lowest BCUT2D eigenvalue weighted by Gasteiger charge is -2.14. The normalized spacial score (nSPS) is 13.6. The van der Waals surface area contributed by atoms with Gasteiger partial charge in [-0.2, -0.15) is 0 Å². The first-order chi connectivity index (χ1) is 28.2. The van der Waals surface area contributed by atoms with Crippen LogP contribution < -0.4 is 34.9 Å². The Bertz CT molecular complexity index is 2230. The Balaban J connectivity index is 0.000000262. The molecule has 11 nitrogen and oxygen atoms in total. The molecule has 0 fully saturated rings. The molecular weight excluding hydrogens is 776 g/mol. The van der Waals surface area contributed by atoms with Gasteiger partial charge in [-0.05, 0) is 124 Å². The van der Waals surface area contributed by atoms with Gasteiger partial charge in [0, 0.05) is 35.4 Å². The van der Waals surface area contributed by atoms with Crippen LogP contribution in [0, 0.1) is 13.8 Å². The SMILES string of the molecule is Cc1nc(N)ccc1CCC(=O)[C@H](C)NC(=O)C1=CC(Cc2ccccc2)=CC1.Cc1nc(N)ccc1CCC(=O)[C@H](C)[NH3+].O=C(O)C1=CC(Cc2ccccc2)=CC1.[Cl-]. The topological polar surface area (TPSA) is 206 Å². The zero-order valence-corrected chi connectivity index (χ0v) is 35.7. The third-order valence-electron chi connectivity index (χ3n) is 10.1. The van der Waals surface area contributed by atoms with Crippen LogP contribution in [0.25, 0.3) is 0 Å². The molecule has 0 radical (unpaired) electrons. The fraction of sp³-hybridized carbons (Fsp3) is 0.292. The van der Waals surface area contributed by atoms with Gasteiger partial charge < -0.3 is 40.0 Å². The van der Waals surface area contributed by atoms with Crippen molar-refractivity contribution in [1.82, 2.24) is 15.3 Å². The van der Waals surface area contributed by atoms with Crippen LogP contribution in [0.5, 0.6) is 0 Å². The van der Waals surface area contributed by atoms with E-state index < -0.39 is 12.0 Å². The summed E-state index contributed by atoms with van der Waals surface area (Å²) in [5.41, 5.74) is 24.6. The Morgan fingerprint density at radius 2 is 1.12 bits per heavy atom. The molecule has 4 aromatic rings. The number of aromatic nitrogens is 2. The number of pyridine rings is 2. The zero-order valence-electron chi connectivity index (χ0n) is 34.9. The number of carbonyl (C=O) groups excluding carboxylic acids is 3. The molecule has 0 spiro atoms. The number of nitrogens with zero attached hydrogens (tertiary/aromatic N) is 2. The van der Waals surface area contributed by atoms with Crippen LogP contribution in [0.4, 0.5) is 11.6 Å². The van der Waals surface area contributed by atoms with Crippen molar-refractivity contribution in [2.24, 2.45) is 0 Å². The number of nitrogens with one attached hydrogen (secondary N) is 1. The molecule has 1 amide bonds. The van der Waals surface area contributed by atoms with E-state index in [-0.39, 0.29) is 35.9 Å². The number of aliphatic carboxylic acids is 1. The number of nitrogen functional groups attached to an aromatic ring is 2. The zero-order chi connectivity index (χ0) is 42.9. The van der Waals surface area contributed by atoms with E-state index >= 15 is 0 Å². The predicted octanol–water partition coefficient (Wildman–Crippen LogP) is 3.16. The van der Waals surface area contributed by atoms with Crippen molar-refractivity contribution in [2.45, 2.75) is 91.1 Å². The highest BCUT2D eigenvalue weighted by molar-refractivity contribution is 5.98. The number of quaternary nitrogens is 1. The molecule has 0 unspecified atom stereocenters. The first-order valence-corrected chi connectivity index (χ1v) is 19.9. The summed E-state index contributed by atoms with van der Waals surface area (Å²) in [6, 6.07) is 26.9. The Labute approximate surface area is 359 Å². The van der Waals surface area contributed by atoms with E-state index in [1.807, 2.05) is 93.6 Å². The molecule has 0 saturated heterocycles. The molecule has 0 bridgehead atoms. The number of allylic oxidation sites excluding steroid dienone is 6. The minimum Gasteiger partial charge on any atom is -1.00 e. The Morgan fingerprint density at radius 3 is 1.53 bits per heavy atom. The molecule has 9 N–H and O–H groups in total. The number of carboxylic acids is 1. The fourth-order valence-electron chi connectivity index (χ4n) is 6.48. The summed E-state index contributed by atoms with van der Waals surface area (Å²) in [4.78, 5) is 55.4.